The molecule has 1 amide bonds. The molecule has 100 valence electrons. The first-order valence-electron chi connectivity index (χ1n) is 5.76. The largest absolute Gasteiger partial charge is 0.490 e. The molecule has 0 unspecified atom stereocenters. The Labute approximate surface area is 107 Å². The quantitative estimate of drug-likeness (QED) is 0.615. The van der Waals surface area contributed by atoms with Crippen LogP contribution in [-0.4, -0.2) is 24.7 Å². The van der Waals surface area contributed by atoms with Crippen LogP contribution in [0.4, 0.5) is 5.69 Å². The molecule has 0 atom stereocenters. The Morgan fingerprint density at radius 1 is 1.28 bits per heavy atom. The van der Waals surface area contributed by atoms with E-state index < -0.39 is 5.91 Å². The number of amides is 1. The summed E-state index contributed by atoms with van der Waals surface area (Å²) >= 11 is 0. The van der Waals surface area contributed by atoms with Gasteiger partial charge in [-0.3, -0.25) is 4.79 Å². The molecule has 5 heteroatoms. The third-order valence-corrected chi connectivity index (χ3v) is 2.15. The van der Waals surface area contributed by atoms with Gasteiger partial charge in [0.05, 0.1) is 17.8 Å². The zero-order valence-corrected chi connectivity index (χ0v) is 11.0. The summed E-state index contributed by atoms with van der Waals surface area (Å²) in [5, 5.41) is 0. The van der Waals surface area contributed by atoms with Gasteiger partial charge in [-0.2, -0.15) is 0 Å². The van der Waals surface area contributed by atoms with Gasteiger partial charge in [0, 0.05) is 11.8 Å². The number of nitrogens with two attached hydrogens (primary N) is 2. The number of hydrogen-bond acceptors (Lipinski definition) is 4. The highest BCUT2D eigenvalue weighted by atomic mass is 16.5. The zero-order valence-electron chi connectivity index (χ0n) is 11.0. The topological polar surface area (TPSA) is 87.6 Å². The summed E-state index contributed by atoms with van der Waals surface area (Å²) in [5.41, 5.74) is 11.5. The van der Waals surface area contributed by atoms with Gasteiger partial charge in [0.25, 0.3) is 5.91 Å². The molecule has 1 aromatic carbocycles. The molecule has 4 N–H and O–H groups in total. The summed E-state index contributed by atoms with van der Waals surface area (Å²) in [6.45, 7) is 6.64. The van der Waals surface area contributed by atoms with Gasteiger partial charge in [0.15, 0.2) is 0 Å². The maximum atomic E-state index is 11.2. The third kappa shape index (κ3) is 4.63. The second-order valence-corrected chi connectivity index (χ2v) is 4.93. The van der Waals surface area contributed by atoms with Crippen LogP contribution in [0, 0.1) is 0 Å². The van der Waals surface area contributed by atoms with Gasteiger partial charge in [-0.05, 0) is 32.9 Å². The van der Waals surface area contributed by atoms with Crippen molar-refractivity contribution < 1.29 is 14.3 Å². The number of nitrogen functional groups attached to an aromatic ring is 1. The summed E-state index contributed by atoms with van der Waals surface area (Å²) < 4.78 is 11.0. The predicted octanol–water partition coefficient (Wildman–Crippen LogP) is 1.56. The minimum atomic E-state index is -0.540. The van der Waals surface area contributed by atoms with Crippen LogP contribution < -0.4 is 16.2 Å². The van der Waals surface area contributed by atoms with Crippen molar-refractivity contribution in [3.8, 4) is 5.75 Å². The lowest BCUT2D eigenvalue weighted by Crippen LogP contribution is -2.23. The number of hydrogen-bond donors (Lipinski definition) is 2. The number of primary amides is 1. The average molecular weight is 252 g/mol. The fourth-order valence-corrected chi connectivity index (χ4v) is 1.36. The van der Waals surface area contributed by atoms with Gasteiger partial charge in [-0.1, -0.05) is 0 Å². The van der Waals surface area contributed by atoms with Crippen LogP contribution in [-0.2, 0) is 4.74 Å². The van der Waals surface area contributed by atoms with Crippen LogP contribution in [0.15, 0.2) is 18.2 Å². The van der Waals surface area contributed by atoms with Gasteiger partial charge >= 0.3 is 0 Å². The van der Waals surface area contributed by atoms with Crippen molar-refractivity contribution in [2.75, 3.05) is 18.9 Å². The van der Waals surface area contributed by atoms with E-state index in [1.807, 2.05) is 20.8 Å². The molecular weight excluding hydrogens is 232 g/mol. The normalized spacial score (nSPS) is 11.3. The number of rotatable bonds is 5. The van der Waals surface area contributed by atoms with E-state index in [-0.39, 0.29) is 5.60 Å². The minimum Gasteiger partial charge on any atom is -0.490 e. The van der Waals surface area contributed by atoms with Crippen molar-refractivity contribution >= 4 is 11.6 Å². The van der Waals surface area contributed by atoms with Crippen LogP contribution in [0.5, 0.6) is 5.75 Å². The van der Waals surface area contributed by atoms with Crippen molar-refractivity contribution in [2.24, 2.45) is 5.73 Å². The van der Waals surface area contributed by atoms with E-state index in [0.717, 1.165) is 0 Å². The lowest BCUT2D eigenvalue weighted by molar-refractivity contribution is -0.0163. The average Bonchev–Trinajstić information content (AvgIpc) is 2.22. The monoisotopic (exact) mass is 252 g/mol. The fourth-order valence-electron chi connectivity index (χ4n) is 1.36. The van der Waals surface area contributed by atoms with Crippen molar-refractivity contribution in [2.45, 2.75) is 26.4 Å². The molecule has 0 fully saturated rings. The summed E-state index contributed by atoms with van der Waals surface area (Å²) in [5.74, 6) is -0.151. The zero-order chi connectivity index (χ0) is 13.8. The number of benzene rings is 1. The molecular formula is C13H20N2O3. The highest BCUT2D eigenvalue weighted by Crippen LogP contribution is 2.21. The molecule has 0 aliphatic carbocycles. The lowest BCUT2D eigenvalue weighted by atomic mass is 10.1. The maximum absolute atomic E-state index is 11.2. The Bertz CT molecular complexity index is 425. The molecule has 0 radical (unpaired) electrons. The number of carbonyl (C=O) groups excluding carboxylic acids is 1. The van der Waals surface area contributed by atoms with E-state index in [0.29, 0.717) is 30.2 Å². The number of carbonyl (C=O) groups is 1. The van der Waals surface area contributed by atoms with Gasteiger partial charge in [0.1, 0.15) is 12.4 Å². The first kappa shape index (κ1) is 14.3. The predicted molar refractivity (Wildman–Crippen MR) is 70.6 cm³/mol. The second-order valence-electron chi connectivity index (χ2n) is 4.93. The van der Waals surface area contributed by atoms with Crippen LogP contribution in [0.25, 0.3) is 0 Å². The molecule has 0 spiro atoms. The summed E-state index contributed by atoms with van der Waals surface area (Å²) in [6, 6.07) is 4.74. The standard InChI is InChI=1S/C13H20N2O3/c1-13(2,3)18-7-6-17-11-8-9(14)4-5-10(11)12(15)16/h4-5,8H,6-7,14H2,1-3H3,(H2,15,16). The smallest absolute Gasteiger partial charge is 0.252 e. The van der Waals surface area contributed by atoms with Crippen LogP contribution in [0.2, 0.25) is 0 Å². The Hall–Kier alpha value is -1.75. The first-order valence-corrected chi connectivity index (χ1v) is 5.76. The van der Waals surface area contributed by atoms with Crippen LogP contribution >= 0.6 is 0 Å². The highest BCUT2D eigenvalue weighted by molar-refractivity contribution is 5.96. The maximum Gasteiger partial charge on any atom is 0.252 e. The van der Waals surface area contributed by atoms with E-state index in [9.17, 15) is 4.79 Å². The minimum absolute atomic E-state index is 0.217. The molecule has 0 aliphatic heterocycles. The Kier molecular flexibility index (Phi) is 4.55. The lowest BCUT2D eigenvalue weighted by Gasteiger charge is -2.19. The van der Waals surface area contributed by atoms with Gasteiger partial charge < -0.3 is 20.9 Å². The molecule has 0 heterocycles. The SMILES string of the molecule is CC(C)(C)OCCOc1cc(N)ccc1C(N)=O. The van der Waals surface area contributed by atoms with Crippen molar-refractivity contribution in [1.82, 2.24) is 0 Å². The molecule has 0 aliphatic rings. The summed E-state index contributed by atoms with van der Waals surface area (Å²) in [7, 11) is 0. The van der Waals surface area contributed by atoms with Crippen molar-refractivity contribution in [1.29, 1.82) is 0 Å². The van der Waals surface area contributed by atoms with Gasteiger partial charge in [-0.15, -0.1) is 0 Å². The first-order chi connectivity index (χ1) is 8.29. The van der Waals surface area contributed by atoms with Crippen molar-refractivity contribution in [3.05, 3.63) is 23.8 Å². The third-order valence-electron chi connectivity index (χ3n) is 2.15. The summed E-state index contributed by atoms with van der Waals surface area (Å²) in [6.07, 6.45) is 0. The van der Waals surface area contributed by atoms with E-state index in [1.165, 1.54) is 0 Å². The van der Waals surface area contributed by atoms with E-state index >= 15 is 0 Å². The molecule has 18 heavy (non-hydrogen) atoms. The number of anilines is 1. The van der Waals surface area contributed by atoms with E-state index in [1.54, 1.807) is 18.2 Å². The molecule has 1 rings (SSSR count). The fraction of sp³-hybridized carbons (Fsp3) is 0.462. The van der Waals surface area contributed by atoms with E-state index in [4.69, 9.17) is 20.9 Å². The molecule has 0 bridgehead atoms. The molecule has 1 aromatic rings. The summed E-state index contributed by atoms with van der Waals surface area (Å²) in [4.78, 5) is 11.2. The van der Waals surface area contributed by atoms with Crippen LogP contribution in [0.1, 0.15) is 31.1 Å². The van der Waals surface area contributed by atoms with Gasteiger partial charge in [-0.25, -0.2) is 0 Å². The van der Waals surface area contributed by atoms with Crippen LogP contribution in [0.3, 0.4) is 0 Å². The Morgan fingerprint density at radius 2 is 1.94 bits per heavy atom. The molecule has 0 saturated heterocycles. The Balaban J connectivity index is 2.61. The number of ether oxygens (including phenoxy) is 2. The molecule has 5 nitrogen and oxygen atoms in total. The second kappa shape index (κ2) is 5.73. The van der Waals surface area contributed by atoms with Gasteiger partial charge in [0.2, 0.25) is 0 Å². The molecule has 0 saturated carbocycles. The highest BCUT2D eigenvalue weighted by Gasteiger charge is 2.12. The molecule has 0 aromatic heterocycles. The Morgan fingerprint density at radius 3 is 2.50 bits per heavy atom. The van der Waals surface area contributed by atoms with Crippen molar-refractivity contribution in [3.63, 3.8) is 0 Å². The van der Waals surface area contributed by atoms with E-state index in [2.05, 4.69) is 0 Å².